The van der Waals surface area contributed by atoms with E-state index in [0.29, 0.717) is 6.07 Å². The predicted molar refractivity (Wildman–Crippen MR) is 36.0 cm³/mol. The van der Waals surface area contributed by atoms with E-state index in [1.807, 2.05) is 0 Å². The van der Waals surface area contributed by atoms with Crippen LogP contribution < -0.4 is 0 Å². The van der Waals surface area contributed by atoms with E-state index in [0.717, 1.165) is 6.07 Å². The van der Waals surface area contributed by atoms with Gasteiger partial charge in [0.05, 0.1) is 17.2 Å². The number of nitriles is 1. The van der Waals surface area contributed by atoms with E-state index < -0.39 is 29.2 Å². The minimum Gasteiger partial charge on any atom is -0.205 e. The summed E-state index contributed by atoms with van der Waals surface area (Å²) >= 11 is 0. The van der Waals surface area contributed by atoms with E-state index in [1.54, 1.807) is 0 Å². The lowest BCUT2D eigenvalue weighted by atomic mass is 10.1. The zero-order chi connectivity index (χ0) is 10.0. The van der Waals surface area contributed by atoms with E-state index in [-0.39, 0.29) is 0 Å². The molecule has 0 atom stereocenters. The molecule has 0 fully saturated rings. The molecule has 0 radical (unpaired) electrons. The molecule has 0 amide bonds. The van der Waals surface area contributed by atoms with E-state index in [2.05, 4.69) is 0 Å². The average Bonchev–Trinajstić information content (AvgIpc) is 2.08. The number of hydrogen-bond acceptors (Lipinski definition) is 1. The van der Waals surface area contributed by atoms with Gasteiger partial charge in [-0.05, 0) is 12.1 Å². The van der Waals surface area contributed by atoms with Crippen molar-refractivity contribution in [2.75, 3.05) is 0 Å². The van der Waals surface area contributed by atoms with Gasteiger partial charge in [-0.3, -0.25) is 0 Å². The van der Waals surface area contributed by atoms with Gasteiger partial charge in [-0.2, -0.15) is 5.26 Å². The third-order valence-electron chi connectivity index (χ3n) is 1.47. The molecular formula is C8H3F4N. The van der Waals surface area contributed by atoms with Crippen LogP contribution >= 0.6 is 0 Å². The predicted octanol–water partition coefficient (Wildman–Crippen LogP) is 2.77. The van der Waals surface area contributed by atoms with Gasteiger partial charge in [-0.25, -0.2) is 17.6 Å². The molecular weight excluding hydrogens is 186 g/mol. The molecule has 1 nitrogen and oxygen atoms in total. The minimum absolute atomic E-state index is 0.547. The summed E-state index contributed by atoms with van der Waals surface area (Å²) < 4.78 is 49.3. The largest absolute Gasteiger partial charge is 0.268 e. The lowest BCUT2D eigenvalue weighted by Crippen LogP contribution is -1.98. The van der Waals surface area contributed by atoms with Crippen LogP contribution in [0.5, 0.6) is 0 Å². The van der Waals surface area contributed by atoms with Gasteiger partial charge in [0.25, 0.3) is 6.43 Å². The molecule has 1 aromatic rings. The van der Waals surface area contributed by atoms with Crippen molar-refractivity contribution >= 4 is 0 Å². The van der Waals surface area contributed by atoms with Gasteiger partial charge in [-0.1, -0.05) is 0 Å². The normalized spacial score (nSPS) is 10.2. The van der Waals surface area contributed by atoms with Crippen LogP contribution in [0, 0.1) is 23.0 Å². The van der Waals surface area contributed by atoms with Crippen molar-refractivity contribution < 1.29 is 17.6 Å². The van der Waals surface area contributed by atoms with Gasteiger partial charge >= 0.3 is 0 Å². The maximum Gasteiger partial charge on any atom is 0.268 e. The fraction of sp³-hybridized carbons (Fsp3) is 0.125. The Kier molecular flexibility index (Phi) is 2.52. The van der Waals surface area contributed by atoms with Crippen molar-refractivity contribution in [1.29, 1.82) is 5.26 Å². The molecule has 0 saturated carbocycles. The molecule has 0 saturated heterocycles. The van der Waals surface area contributed by atoms with Crippen LogP contribution in [-0.4, -0.2) is 0 Å². The van der Waals surface area contributed by atoms with E-state index >= 15 is 0 Å². The fourth-order valence-corrected chi connectivity index (χ4v) is 0.877. The number of hydrogen-bond donors (Lipinski definition) is 0. The maximum atomic E-state index is 12.7. The van der Waals surface area contributed by atoms with Crippen molar-refractivity contribution in [3.8, 4) is 6.07 Å². The number of alkyl halides is 2. The Bertz CT molecular complexity index is 367. The molecule has 13 heavy (non-hydrogen) atoms. The van der Waals surface area contributed by atoms with Crippen LogP contribution in [0.15, 0.2) is 12.1 Å². The van der Waals surface area contributed by atoms with Gasteiger partial charge in [0.2, 0.25) is 0 Å². The molecule has 0 aliphatic rings. The second-order valence-corrected chi connectivity index (χ2v) is 2.24. The Labute approximate surface area is 71.2 Å². The molecule has 0 unspecified atom stereocenters. The van der Waals surface area contributed by atoms with Crippen LogP contribution in [0.25, 0.3) is 0 Å². The fourth-order valence-electron chi connectivity index (χ4n) is 0.877. The maximum absolute atomic E-state index is 12.7. The molecule has 5 heteroatoms. The molecule has 0 bridgehead atoms. The highest BCUT2D eigenvalue weighted by molar-refractivity contribution is 5.39. The van der Waals surface area contributed by atoms with Gasteiger partial charge in [0.1, 0.15) is 0 Å². The van der Waals surface area contributed by atoms with Gasteiger partial charge in [-0.15, -0.1) is 0 Å². The second-order valence-electron chi connectivity index (χ2n) is 2.24. The first-order chi connectivity index (χ1) is 6.07. The van der Waals surface area contributed by atoms with Crippen molar-refractivity contribution in [3.63, 3.8) is 0 Å². The van der Waals surface area contributed by atoms with Crippen molar-refractivity contribution in [1.82, 2.24) is 0 Å². The van der Waals surface area contributed by atoms with Gasteiger partial charge in [0.15, 0.2) is 11.6 Å². The van der Waals surface area contributed by atoms with Crippen LogP contribution in [0.4, 0.5) is 17.6 Å². The summed E-state index contributed by atoms with van der Waals surface area (Å²) in [5.41, 5.74) is -1.73. The van der Waals surface area contributed by atoms with Crippen LogP contribution in [0.1, 0.15) is 17.6 Å². The molecule has 0 N–H and O–H groups in total. The summed E-state index contributed by atoms with van der Waals surface area (Å²) in [5.74, 6) is -3.04. The lowest BCUT2D eigenvalue weighted by molar-refractivity contribution is 0.144. The number of benzene rings is 1. The molecule has 0 spiro atoms. The van der Waals surface area contributed by atoms with Crippen LogP contribution in [-0.2, 0) is 0 Å². The Morgan fingerprint density at radius 1 is 1.23 bits per heavy atom. The van der Waals surface area contributed by atoms with E-state index in [1.165, 1.54) is 6.07 Å². The average molecular weight is 189 g/mol. The van der Waals surface area contributed by atoms with Gasteiger partial charge < -0.3 is 0 Å². The molecule has 0 aliphatic carbocycles. The third-order valence-corrected chi connectivity index (χ3v) is 1.47. The Balaban J connectivity index is 3.43. The summed E-state index contributed by atoms with van der Waals surface area (Å²) in [4.78, 5) is 0. The first-order valence-electron chi connectivity index (χ1n) is 3.24. The molecule has 0 aliphatic heterocycles. The van der Waals surface area contributed by atoms with E-state index in [9.17, 15) is 17.6 Å². The third kappa shape index (κ3) is 1.61. The summed E-state index contributed by atoms with van der Waals surface area (Å²) in [7, 11) is 0. The SMILES string of the molecule is N#Cc1ccc(F)c(F)c1C(F)F. The topological polar surface area (TPSA) is 23.8 Å². The van der Waals surface area contributed by atoms with Crippen LogP contribution in [0.2, 0.25) is 0 Å². The summed E-state index contributed by atoms with van der Waals surface area (Å²) in [5, 5.41) is 8.31. The van der Waals surface area contributed by atoms with Gasteiger partial charge in [0, 0.05) is 0 Å². The summed E-state index contributed by atoms with van der Waals surface area (Å²) in [6.07, 6.45) is -3.19. The van der Waals surface area contributed by atoms with Crippen molar-refractivity contribution in [2.24, 2.45) is 0 Å². The highest BCUT2D eigenvalue weighted by Crippen LogP contribution is 2.26. The number of halogens is 4. The summed E-state index contributed by atoms with van der Waals surface area (Å²) in [6, 6.07) is 2.82. The Morgan fingerprint density at radius 2 is 1.85 bits per heavy atom. The molecule has 0 aromatic heterocycles. The molecule has 0 heterocycles. The Hall–Kier alpha value is -1.57. The zero-order valence-corrected chi connectivity index (χ0v) is 6.19. The monoisotopic (exact) mass is 189 g/mol. The first-order valence-corrected chi connectivity index (χ1v) is 3.24. The van der Waals surface area contributed by atoms with Crippen molar-refractivity contribution in [2.45, 2.75) is 6.43 Å². The lowest BCUT2D eigenvalue weighted by Gasteiger charge is -2.03. The highest BCUT2D eigenvalue weighted by Gasteiger charge is 2.21. The molecule has 68 valence electrons. The number of rotatable bonds is 1. The minimum atomic E-state index is -3.19. The highest BCUT2D eigenvalue weighted by atomic mass is 19.3. The summed E-state index contributed by atoms with van der Waals surface area (Å²) in [6.45, 7) is 0. The zero-order valence-electron chi connectivity index (χ0n) is 6.19. The Morgan fingerprint density at radius 3 is 2.31 bits per heavy atom. The first kappa shape index (κ1) is 9.52. The van der Waals surface area contributed by atoms with Crippen LogP contribution in [0.3, 0.4) is 0 Å². The molecule has 1 rings (SSSR count). The van der Waals surface area contributed by atoms with E-state index in [4.69, 9.17) is 5.26 Å². The molecule has 1 aromatic carbocycles. The van der Waals surface area contributed by atoms with Crippen molar-refractivity contribution in [3.05, 3.63) is 34.9 Å². The quantitative estimate of drug-likeness (QED) is 0.623. The number of nitrogens with zero attached hydrogens (tertiary/aromatic N) is 1. The smallest absolute Gasteiger partial charge is 0.205 e. The standard InChI is InChI=1S/C8H3F4N/c9-5-2-1-4(3-13)6(7(5)10)8(11)12/h1-2,8H. The second kappa shape index (κ2) is 3.44.